The van der Waals surface area contributed by atoms with Gasteiger partial charge >= 0.3 is 11.9 Å². The van der Waals surface area contributed by atoms with Crippen LogP contribution in [0.25, 0.3) is 0 Å². The summed E-state index contributed by atoms with van der Waals surface area (Å²) in [5.41, 5.74) is 0.461. The molecule has 2 fully saturated rings. The molecule has 4 rings (SSSR count). The van der Waals surface area contributed by atoms with Crippen molar-refractivity contribution in [3.05, 3.63) is 65.7 Å². The Morgan fingerprint density at radius 2 is 1.70 bits per heavy atom. The van der Waals surface area contributed by atoms with E-state index in [-0.39, 0.29) is 11.6 Å². The molecular formula is C20H19BO6. The van der Waals surface area contributed by atoms with Gasteiger partial charge in [-0.3, -0.25) is 0 Å². The predicted molar refractivity (Wildman–Crippen MR) is 98.6 cm³/mol. The lowest BCUT2D eigenvalue weighted by atomic mass is 9.76. The molecule has 0 aromatic heterocycles. The van der Waals surface area contributed by atoms with E-state index in [0.717, 1.165) is 6.42 Å². The number of hydrogen-bond acceptors (Lipinski definition) is 6. The normalized spacial score (nSPS) is 26.4. The van der Waals surface area contributed by atoms with Crippen molar-refractivity contribution in [3.8, 4) is 5.75 Å². The van der Waals surface area contributed by atoms with Crippen molar-refractivity contribution in [3.63, 3.8) is 0 Å². The maximum atomic E-state index is 12.4. The maximum Gasteiger partial charge on any atom is 0.343 e. The SMILES string of the molecule is B[C@@]12CCO[C@@H]1C(OC(=O)c1ccc(OC(=O)c3ccccc3)cc1)CO2. The molecule has 7 heteroatoms. The largest absolute Gasteiger partial charge is 0.453 e. The zero-order valence-electron chi connectivity index (χ0n) is 14.9. The van der Waals surface area contributed by atoms with Gasteiger partial charge in [0.25, 0.3) is 0 Å². The van der Waals surface area contributed by atoms with Crippen LogP contribution in [0.1, 0.15) is 27.1 Å². The van der Waals surface area contributed by atoms with Gasteiger partial charge in [-0.15, -0.1) is 0 Å². The third-order valence-electron chi connectivity index (χ3n) is 4.98. The molecule has 0 aliphatic carbocycles. The third-order valence-corrected chi connectivity index (χ3v) is 4.98. The van der Waals surface area contributed by atoms with E-state index in [4.69, 9.17) is 18.9 Å². The summed E-state index contributed by atoms with van der Waals surface area (Å²) in [7, 11) is 1.98. The van der Waals surface area contributed by atoms with Crippen LogP contribution in [-0.2, 0) is 14.2 Å². The van der Waals surface area contributed by atoms with Gasteiger partial charge in [-0.25, -0.2) is 9.59 Å². The number of esters is 2. The van der Waals surface area contributed by atoms with Crippen LogP contribution in [0.15, 0.2) is 54.6 Å². The zero-order valence-corrected chi connectivity index (χ0v) is 14.9. The van der Waals surface area contributed by atoms with Crippen molar-refractivity contribution >= 4 is 19.8 Å². The van der Waals surface area contributed by atoms with Crippen LogP contribution in [-0.4, -0.2) is 50.7 Å². The molecule has 0 saturated carbocycles. The summed E-state index contributed by atoms with van der Waals surface area (Å²) in [5, 5.41) is 0. The van der Waals surface area contributed by atoms with Gasteiger partial charge in [0, 0.05) is 6.61 Å². The van der Waals surface area contributed by atoms with E-state index < -0.39 is 18.0 Å². The lowest BCUT2D eigenvalue weighted by molar-refractivity contribution is -0.0164. The lowest BCUT2D eigenvalue weighted by Crippen LogP contribution is -2.41. The second-order valence-corrected chi connectivity index (χ2v) is 6.89. The van der Waals surface area contributed by atoms with Crippen molar-refractivity contribution in [2.45, 2.75) is 24.1 Å². The molecule has 6 nitrogen and oxygen atoms in total. The van der Waals surface area contributed by atoms with E-state index in [1.54, 1.807) is 48.5 Å². The summed E-state index contributed by atoms with van der Waals surface area (Å²) in [4.78, 5) is 24.5. The highest BCUT2D eigenvalue weighted by atomic mass is 16.6. The van der Waals surface area contributed by atoms with Gasteiger partial charge in [0.1, 0.15) is 19.7 Å². The van der Waals surface area contributed by atoms with E-state index in [9.17, 15) is 9.59 Å². The minimum atomic E-state index is -0.454. The summed E-state index contributed by atoms with van der Waals surface area (Å²) in [6.07, 6.45) is 0.154. The van der Waals surface area contributed by atoms with Crippen LogP contribution in [0.5, 0.6) is 5.75 Å². The van der Waals surface area contributed by atoms with Gasteiger partial charge in [-0.2, -0.15) is 0 Å². The monoisotopic (exact) mass is 366 g/mol. The molecule has 0 bridgehead atoms. The fourth-order valence-corrected chi connectivity index (χ4v) is 3.42. The molecule has 2 aromatic carbocycles. The van der Waals surface area contributed by atoms with Crippen LogP contribution in [0, 0.1) is 0 Å². The molecule has 27 heavy (non-hydrogen) atoms. The smallest absolute Gasteiger partial charge is 0.343 e. The van der Waals surface area contributed by atoms with Crippen LogP contribution < -0.4 is 4.74 Å². The van der Waals surface area contributed by atoms with Crippen molar-refractivity contribution in [1.82, 2.24) is 0 Å². The van der Waals surface area contributed by atoms with Crippen LogP contribution >= 0.6 is 0 Å². The van der Waals surface area contributed by atoms with Gasteiger partial charge in [0.2, 0.25) is 0 Å². The maximum absolute atomic E-state index is 12.4. The topological polar surface area (TPSA) is 71.1 Å². The van der Waals surface area contributed by atoms with Crippen LogP contribution in [0.3, 0.4) is 0 Å². The molecule has 2 aliphatic heterocycles. The number of hydrogen-bond donors (Lipinski definition) is 0. The molecule has 2 aromatic rings. The molecule has 2 aliphatic rings. The number of fused-ring (bicyclic) bond motifs is 1. The quantitative estimate of drug-likeness (QED) is 0.465. The van der Waals surface area contributed by atoms with Crippen LogP contribution in [0.2, 0.25) is 0 Å². The average Bonchev–Trinajstić information content (AvgIpc) is 3.21. The molecule has 2 saturated heterocycles. The minimum absolute atomic E-state index is 0.229. The first-order chi connectivity index (χ1) is 13.0. The van der Waals surface area contributed by atoms with E-state index in [1.165, 1.54) is 0 Å². The van der Waals surface area contributed by atoms with Gasteiger partial charge in [0.15, 0.2) is 6.10 Å². The Kier molecular flexibility index (Phi) is 4.72. The van der Waals surface area contributed by atoms with Gasteiger partial charge in [0.05, 0.1) is 23.2 Å². The Morgan fingerprint density at radius 3 is 2.44 bits per heavy atom. The molecule has 0 spiro atoms. The summed E-state index contributed by atoms with van der Waals surface area (Å²) >= 11 is 0. The second-order valence-electron chi connectivity index (χ2n) is 6.89. The fraction of sp³-hybridized carbons (Fsp3) is 0.300. The highest BCUT2D eigenvalue weighted by Crippen LogP contribution is 2.36. The first-order valence-electron chi connectivity index (χ1n) is 8.89. The first kappa shape index (κ1) is 17.8. The number of carbonyl (C=O) groups is 2. The number of benzene rings is 2. The summed E-state index contributed by atoms with van der Waals surface area (Å²) in [5.74, 6) is -0.549. The molecular weight excluding hydrogens is 347 g/mol. The zero-order chi connectivity index (χ0) is 18.9. The second kappa shape index (κ2) is 7.17. The van der Waals surface area contributed by atoms with Gasteiger partial charge in [-0.05, 0) is 42.8 Å². The molecule has 138 valence electrons. The predicted octanol–water partition coefficient (Wildman–Crippen LogP) is 1.58. The van der Waals surface area contributed by atoms with Crippen LogP contribution in [0.4, 0.5) is 0 Å². The highest BCUT2D eigenvalue weighted by Gasteiger charge is 2.52. The molecule has 0 N–H and O–H groups in total. The number of rotatable bonds is 4. The van der Waals surface area contributed by atoms with Crippen molar-refractivity contribution in [2.75, 3.05) is 13.2 Å². The van der Waals surface area contributed by atoms with Crippen molar-refractivity contribution in [1.29, 1.82) is 0 Å². The average molecular weight is 366 g/mol. The Hall–Kier alpha value is -2.64. The standard InChI is InChI=1S/C20H19BO6/c21-20-10-11-24-17(20)16(12-25-20)27-19(23)14-6-8-15(9-7-14)26-18(22)13-4-2-1-3-5-13/h1-9,16-17H,10-12,21H2/t16?,17-,20-/m1/s1. The Labute approximate surface area is 157 Å². The van der Waals surface area contributed by atoms with E-state index in [0.29, 0.717) is 30.1 Å². The van der Waals surface area contributed by atoms with Gasteiger partial charge < -0.3 is 18.9 Å². The highest BCUT2D eigenvalue weighted by molar-refractivity contribution is 6.15. The molecule has 3 atom stereocenters. The fourth-order valence-electron chi connectivity index (χ4n) is 3.42. The van der Waals surface area contributed by atoms with E-state index in [1.807, 2.05) is 13.9 Å². The third kappa shape index (κ3) is 3.61. The first-order valence-corrected chi connectivity index (χ1v) is 8.89. The Morgan fingerprint density at radius 1 is 1.00 bits per heavy atom. The minimum Gasteiger partial charge on any atom is -0.453 e. The van der Waals surface area contributed by atoms with Gasteiger partial charge in [-0.1, -0.05) is 18.2 Å². The Balaban J connectivity index is 1.37. The molecule has 0 radical (unpaired) electrons. The molecule has 1 unspecified atom stereocenters. The van der Waals surface area contributed by atoms with E-state index in [2.05, 4.69) is 0 Å². The molecule has 2 heterocycles. The Bertz CT molecular complexity index is 837. The summed E-state index contributed by atoms with van der Waals surface area (Å²) in [6, 6.07) is 15.0. The number of ether oxygens (including phenoxy) is 4. The lowest BCUT2D eigenvalue weighted by Gasteiger charge is -2.22. The van der Waals surface area contributed by atoms with E-state index >= 15 is 0 Å². The van der Waals surface area contributed by atoms with Crippen molar-refractivity contribution < 1.29 is 28.5 Å². The molecule has 0 amide bonds. The number of carbonyl (C=O) groups excluding carboxylic acids is 2. The van der Waals surface area contributed by atoms with Crippen molar-refractivity contribution in [2.24, 2.45) is 0 Å². The summed E-state index contributed by atoms with van der Waals surface area (Å²) < 4.78 is 22.3. The summed E-state index contributed by atoms with van der Waals surface area (Å²) in [6.45, 7) is 0.941.